The Bertz CT molecular complexity index is 1340. The minimum atomic E-state index is -1.24. The Balaban J connectivity index is 1.30. The van der Waals surface area contributed by atoms with Gasteiger partial charge >= 0.3 is 18.2 Å². The Labute approximate surface area is 213 Å². The zero-order chi connectivity index (χ0) is 26.3. The topological polar surface area (TPSA) is 123 Å². The highest BCUT2D eigenvalue weighted by molar-refractivity contribution is 5.96. The fourth-order valence-corrected chi connectivity index (χ4v) is 4.85. The van der Waals surface area contributed by atoms with Gasteiger partial charge in [0.1, 0.15) is 18.0 Å². The third-order valence-corrected chi connectivity index (χ3v) is 6.39. The van der Waals surface area contributed by atoms with Crippen molar-refractivity contribution < 1.29 is 29.0 Å². The molecule has 0 spiro atoms. The van der Waals surface area contributed by atoms with E-state index in [0.717, 1.165) is 22.3 Å². The maximum atomic E-state index is 12.8. The van der Waals surface area contributed by atoms with E-state index in [9.17, 15) is 19.5 Å². The van der Waals surface area contributed by atoms with E-state index in [2.05, 4.69) is 10.3 Å². The van der Waals surface area contributed by atoms with Crippen LogP contribution >= 0.6 is 0 Å². The van der Waals surface area contributed by atoms with Crippen LogP contribution in [0.2, 0.25) is 0 Å². The fraction of sp³-hybridized carbons (Fsp3) is 0.333. The maximum Gasteiger partial charge on any atom is 0.412 e. The molecule has 0 radical (unpaired) electrons. The summed E-state index contributed by atoms with van der Waals surface area (Å²) in [6.07, 6.45) is -1.31. The number of ether oxygens (including phenoxy) is 2. The molecule has 2 aromatic carbocycles. The number of benzene rings is 2. The van der Waals surface area contributed by atoms with Gasteiger partial charge in [-0.2, -0.15) is 0 Å². The van der Waals surface area contributed by atoms with E-state index < -0.39 is 23.8 Å². The lowest BCUT2D eigenvalue weighted by Crippen LogP contribution is -2.42. The zero-order valence-electron chi connectivity index (χ0n) is 20.9. The first-order chi connectivity index (χ1) is 17.6. The number of anilines is 1. The highest BCUT2D eigenvalue weighted by atomic mass is 16.6. The zero-order valence-corrected chi connectivity index (χ0v) is 20.9. The second-order valence-electron chi connectivity index (χ2n) is 10.0. The molecular formula is C27H28N4O6. The number of nitrogens with zero attached hydrogens (tertiary/aromatic N) is 3. The first-order valence-electron chi connectivity index (χ1n) is 12.0. The summed E-state index contributed by atoms with van der Waals surface area (Å²) in [5, 5.41) is 12.3. The molecule has 5 rings (SSSR count). The summed E-state index contributed by atoms with van der Waals surface area (Å²) < 4.78 is 12.5. The molecule has 1 aliphatic heterocycles. The van der Waals surface area contributed by atoms with Crippen LogP contribution in [-0.2, 0) is 22.6 Å². The average Bonchev–Trinajstić information content (AvgIpc) is 3.36. The average molecular weight is 505 g/mol. The number of carbonyl (C=O) groups is 3. The Morgan fingerprint density at radius 1 is 1.03 bits per heavy atom. The molecular weight excluding hydrogens is 476 g/mol. The number of fused-ring (bicyclic) bond motifs is 4. The number of rotatable bonds is 4. The molecule has 37 heavy (non-hydrogen) atoms. The van der Waals surface area contributed by atoms with Crippen molar-refractivity contribution in [2.24, 2.45) is 0 Å². The van der Waals surface area contributed by atoms with Gasteiger partial charge in [0, 0.05) is 19.0 Å². The first-order valence-corrected chi connectivity index (χ1v) is 12.0. The van der Waals surface area contributed by atoms with Crippen LogP contribution in [-0.4, -0.2) is 56.5 Å². The summed E-state index contributed by atoms with van der Waals surface area (Å²) in [7, 11) is 0. The molecule has 0 fully saturated rings. The molecule has 0 saturated heterocycles. The maximum absolute atomic E-state index is 12.8. The molecule has 192 valence electrons. The normalized spacial score (nSPS) is 14.4. The van der Waals surface area contributed by atoms with E-state index in [4.69, 9.17) is 9.47 Å². The number of imidazole rings is 1. The van der Waals surface area contributed by atoms with E-state index in [1.54, 1.807) is 20.8 Å². The lowest BCUT2D eigenvalue weighted by Gasteiger charge is -2.30. The monoisotopic (exact) mass is 504 g/mol. The number of hydrogen-bond donors (Lipinski definition) is 2. The van der Waals surface area contributed by atoms with E-state index in [-0.39, 0.29) is 43.7 Å². The number of nitrogens with one attached hydrogen (secondary N) is 1. The Morgan fingerprint density at radius 2 is 1.65 bits per heavy atom. The fourth-order valence-electron chi connectivity index (χ4n) is 4.85. The quantitative estimate of drug-likeness (QED) is 0.528. The summed E-state index contributed by atoms with van der Waals surface area (Å²) in [6, 6.07) is 16.0. The molecule has 1 aromatic heterocycles. The number of hydrogen-bond acceptors (Lipinski definition) is 6. The Kier molecular flexibility index (Phi) is 6.10. The lowest BCUT2D eigenvalue weighted by atomic mass is 9.98. The molecule has 2 aliphatic rings. The molecule has 3 aromatic rings. The van der Waals surface area contributed by atoms with Crippen LogP contribution in [0.4, 0.5) is 15.4 Å². The van der Waals surface area contributed by atoms with Crippen molar-refractivity contribution in [1.29, 1.82) is 0 Å². The van der Waals surface area contributed by atoms with Crippen molar-refractivity contribution >= 4 is 24.0 Å². The van der Waals surface area contributed by atoms with Gasteiger partial charge in [0.05, 0.1) is 6.54 Å². The summed E-state index contributed by atoms with van der Waals surface area (Å²) >= 11 is 0. The van der Waals surface area contributed by atoms with E-state index in [1.165, 1.54) is 9.47 Å². The van der Waals surface area contributed by atoms with Crippen LogP contribution in [0.3, 0.4) is 0 Å². The van der Waals surface area contributed by atoms with Gasteiger partial charge in [-0.15, -0.1) is 0 Å². The molecule has 10 heteroatoms. The molecule has 2 amide bonds. The van der Waals surface area contributed by atoms with Crippen LogP contribution in [0.1, 0.15) is 54.1 Å². The first kappa shape index (κ1) is 24.4. The van der Waals surface area contributed by atoms with E-state index in [1.807, 2.05) is 48.5 Å². The second kappa shape index (κ2) is 9.27. The summed E-state index contributed by atoms with van der Waals surface area (Å²) in [4.78, 5) is 43.0. The summed E-state index contributed by atoms with van der Waals surface area (Å²) in [5.74, 6) is -1.15. The van der Waals surface area contributed by atoms with Gasteiger partial charge < -0.3 is 19.1 Å². The molecule has 1 aliphatic carbocycles. The lowest BCUT2D eigenvalue weighted by molar-refractivity contribution is 0.0194. The Hall–Kier alpha value is -4.34. The minimum Gasteiger partial charge on any atom is -0.476 e. The van der Waals surface area contributed by atoms with Crippen molar-refractivity contribution in [1.82, 2.24) is 14.5 Å². The standard InChI is InChI=1S/C27H28N4O6/c1-27(2,3)37-26(35)30-12-13-31-21(14-30)28-23(22(31)24(32)33)29-25(34)36-15-20-18-10-6-4-8-16(18)17-9-5-7-11-19(17)20/h4-11,20H,12-15H2,1-3H3,(H,29,34)(H,32,33). The highest BCUT2D eigenvalue weighted by Gasteiger charge is 2.33. The number of carboxylic acids is 1. The van der Waals surface area contributed by atoms with Gasteiger partial charge in [-0.3, -0.25) is 10.2 Å². The molecule has 0 atom stereocenters. The van der Waals surface area contributed by atoms with Crippen LogP contribution in [0.5, 0.6) is 0 Å². The predicted octanol–water partition coefficient (Wildman–Crippen LogP) is 4.69. The third-order valence-electron chi connectivity index (χ3n) is 6.39. The number of aromatic carboxylic acids is 1. The van der Waals surface area contributed by atoms with E-state index >= 15 is 0 Å². The number of carboxylic acid groups (broad SMARTS) is 1. The smallest absolute Gasteiger partial charge is 0.412 e. The van der Waals surface area contributed by atoms with Gasteiger partial charge in [-0.1, -0.05) is 48.5 Å². The predicted molar refractivity (Wildman–Crippen MR) is 135 cm³/mol. The van der Waals surface area contributed by atoms with Crippen molar-refractivity contribution in [2.75, 3.05) is 18.5 Å². The molecule has 2 heterocycles. The van der Waals surface area contributed by atoms with Crippen molar-refractivity contribution in [3.8, 4) is 11.1 Å². The van der Waals surface area contributed by atoms with E-state index in [0.29, 0.717) is 5.82 Å². The largest absolute Gasteiger partial charge is 0.476 e. The summed E-state index contributed by atoms with van der Waals surface area (Å²) in [6.45, 7) is 5.92. The van der Waals surface area contributed by atoms with Crippen LogP contribution in [0, 0.1) is 0 Å². The summed E-state index contributed by atoms with van der Waals surface area (Å²) in [5.41, 5.74) is 3.54. The molecule has 2 N–H and O–H groups in total. The second-order valence-corrected chi connectivity index (χ2v) is 10.0. The molecule has 0 bridgehead atoms. The Morgan fingerprint density at radius 3 is 2.24 bits per heavy atom. The third kappa shape index (κ3) is 4.74. The van der Waals surface area contributed by atoms with Crippen molar-refractivity contribution in [3.05, 3.63) is 71.2 Å². The van der Waals surface area contributed by atoms with Gasteiger partial charge in [0.15, 0.2) is 11.5 Å². The highest BCUT2D eigenvalue weighted by Crippen LogP contribution is 2.44. The van der Waals surface area contributed by atoms with Gasteiger partial charge in [0.2, 0.25) is 0 Å². The van der Waals surface area contributed by atoms with Crippen LogP contribution in [0.25, 0.3) is 11.1 Å². The molecule has 10 nitrogen and oxygen atoms in total. The van der Waals surface area contributed by atoms with Crippen molar-refractivity contribution in [2.45, 2.75) is 45.4 Å². The number of carbonyl (C=O) groups excluding carboxylic acids is 2. The van der Waals surface area contributed by atoms with Crippen LogP contribution < -0.4 is 5.32 Å². The number of aromatic nitrogens is 2. The minimum absolute atomic E-state index is 0.0571. The number of amides is 2. The van der Waals surface area contributed by atoms with Gasteiger partial charge in [0.25, 0.3) is 0 Å². The molecule has 0 unspecified atom stereocenters. The molecule has 0 saturated carbocycles. The van der Waals surface area contributed by atoms with Crippen LogP contribution in [0.15, 0.2) is 48.5 Å². The van der Waals surface area contributed by atoms with Gasteiger partial charge in [-0.05, 0) is 43.0 Å². The van der Waals surface area contributed by atoms with Crippen molar-refractivity contribution in [3.63, 3.8) is 0 Å². The SMILES string of the molecule is CC(C)(C)OC(=O)N1CCn2c(nc(NC(=O)OCC3c4ccccc4-c4ccccc43)c2C(=O)O)C1. The van der Waals surface area contributed by atoms with Gasteiger partial charge in [-0.25, -0.2) is 19.4 Å².